The number of hydrogen-bond donors (Lipinski definition) is 2. The molecule has 0 radical (unpaired) electrons. The lowest BCUT2D eigenvalue weighted by Crippen LogP contribution is -1.88. The molecule has 0 aliphatic heterocycles. The van der Waals surface area contributed by atoms with Crippen LogP contribution in [0.1, 0.15) is 0 Å². The van der Waals surface area contributed by atoms with Gasteiger partial charge in [-0.25, -0.2) is 0 Å². The number of hydrogen-bond acceptors (Lipinski definition) is 6. The molecule has 1 aromatic carbocycles. The molecule has 0 fully saturated rings. The lowest BCUT2D eigenvalue weighted by Gasteiger charge is -1.99. The minimum absolute atomic E-state index is 0.0703. The van der Waals surface area contributed by atoms with Gasteiger partial charge in [0.1, 0.15) is 11.4 Å². The van der Waals surface area contributed by atoms with Crippen molar-refractivity contribution in [1.29, 1.82) is 0 Å². The quantitative estimate of drug-likeness (QED) is 0.586. The van der Waals surface area contributed by atoms with Crippen molar-refractivity contribution in [3.8, 4) is 17.0 Å². The van der Waals surface area contributed by atoms with Gasteiger partial charge in [0.2, 0.25) is 5.88 Å². The van der Waals surface area contributed by atoms with E-state index in [1.54, 1.807) is 0 Å². The van der Waals surface area contributed by atoms with Gasteiger partial charge in [0, 0.05) is 18.2 Å². The number of nitro benzene ring substituents is 1. The first-order valence-corrected chi connectivity index (χ1v) is 4.28. The molecule has 0 saturated carbocycles. The second-order valence-electron chi connectivity index (χ2n) is 3.07. The van der Waals surface area contributed by atoms with Crippen molar-refractivity contribution in [1.82, 2.24) is 5.16 Å². The standard InChI is InChI=1S/C9H7N3O4/c10-9-4-7(11-16-9)6-3-5(12(14)15)1-2-8(6)13/h1-4,13H,10H2. The topological polar surface area (TPSA) is 115 Å². The number of phenols is 1. The van der Waals surface area contributed by atoms with Crippen molar-refractivity contribution in [3.05, 3.63) is 34.4 Å². The van der Waals surface area contributed by atoms with Gasteiger partial charge in [0.05, 0.1) is 10.5 Å². The Bertz CT molecular complexity index is 549. The average Bonchev–Trinajstić information content (AvgIpc) is 2.65. The van der Waals surface area contributed by atoms with E-state index in [2.05, 4.69) is 9.68 Å². The molecule has 0 unspecified atom stereocenters. The van der Waals surface area contributed by atoms with Gasteiger partial charge >= 0.3 is 0 Å². The van der Waals surface area contributed by atoms with E-state index in [4.69, 9.17) is 5.73 Å². The molecule has 7 heteroatoms. The Hall–Kier alpha value is -2.57. The fourth-order valence-corrected chi connectivity index (χ4v) is 1.26. The molecule has 1 aromatic heterocycles. The second kappa shape index (κ2) is 3.54. The van der Waals surface area contributed by atoms with E-state index < -0.39 is 4.92 Å². The Labute approximate surface area is 89.2 Å². The molecule has 16 heavy (non-hydrogen) atoms. The number of anilines is 1. The third-order valence-corrected chi connectivity index (χ3v) is 2.00. The Morgan fingerprint density at radius 3 is 2.75 bits per heavy atom. The number of nitrogen functional groups attached to an aromatic ring is 1. The maximum atomic E-state index is 10.6. The van der Waals surface area contributed by atoms with E-state index in [0.717, 1.165) is 0 Å². The third-order valence-electron chi connectivity index (χ3n) is 2.00. The second-order valence-corrected chi connectivity index (χ2v) is 3.07. The van der Waals surface area contributed by atoms with Gasteiger partial charge in [-0.3, -0.25) is 10.1 Å². The van der Waals surface area contributed by atoms with Crippen LogP contribution >= 0.6 is 0 Å². The van der Waals surface area contributed by atoms with Crippen LogP contribution in [-0.2, 0) is 0 Å². The maximum absolute atomic E-state index is 10.6. The Kier molecular flexibility index (Phi) is 2.20. The van der Waals surface area contributed by atoms with Crippen molar-refractivity contribution >= 4 is 11.6 Å². The number of nitrogens with zero attached hydrogens (tertiary/aromatic N) is 2. The first-order valence-electron chi connectivity index (χ1n) is 4.28. The van der Waals surface area contributed by atoms with Crippen molar-refractivity contribution < 1.29 is 14.6 Å². The molecule has 0 amide bonds. The molecule has 0 spiro atoms. The van der Waals surface area contributed by atoms with E-state index in [1.165, 1.54) is 24.3 Å². The Morgan fingerprint density at radius 1 is 1.44 bits per heavy atom. The minimum atomic E-state index is -0.563. The van der Waals surface area contributed by atoms with Crippen LogP contribution in [0.5, 0.6) is 5.75 Å². The molecule has 7 nitrogen and oxygen atoms in total. The van der Waals surface area contributed by atoms with Gasteiger partial charge < -0.3 is 15.4 Å². The summed E-state index contributed by atoms with van der Waals surface area (Å²) in [6, 6.07) is 4.99. The molecule has 2 rings (SSSR count). The van der Waals surface area contributed by atoms with Crippen LogP contribution in [-0.4, -0.2) is 15.2 Å². The van der Waals surface area contributed by atoms with Gasteiger partial charge in [-0.2, -0.15) is 0 Å². The number of aromatic hydroxyl groups is 1. The molecule has 0 bridgehead atoms. The molecule has 1 heterocycles. The van der Waals surface area contributed by atoms with Crippen molar-refractivity contribution in [3.63, 3.8) is 0 Å². The Morgan fingerprint density at radius 2 is 2.19 bits per heavy atom. The predicted octanol–water partition coefficient (Wildman–Crippen LogP) is 1.54. The highest BCUT2D eigenvalue weighted by Crippen LogP contribution is 2.32. The highest BCUT2D eigenvalue weighted by Gasteiger charge is 2.14. The highest BCUT2D eigenvalue weighted by molar-refractivity contribution is 5.70. The molecule has 2 aromatic rings. The van der Waals surface area contributed by atoms with Gasteiger partial charge in [-0.05, 0) is 6.07 Å². The number of nitro groups is 1. The predicted molar refractivity (Wildman–Crippen MR) is 54.7 cm³/mol. The van der Waals surface area contributed by atoms with Gasteiger partial charge in [-0.15, -0.1) is 0 Å². The zero-order chi connectivity index (χ0) is 11.7. The zero-order valence-corrected chi connectivity index (χ0v) is 7.95. The number of benzene rings is 1. The summed E-state index contributed by atoms with van der Waals surface area (Å²) >= 11 is 0. The van der Waals surface area contributed by atoms with Gasteiger partial charge in [-0.1, -0.05) is 5.16 Å². The molecule has 82 valence electrons. The summed E-state index contributed by atoms with van der Waals surface area (Å²) in [5.74, 6) is -0.0557. The van der Waals surface area contributed by atoms with Crippen molar-refractivity contribution in [2.75, 3.05) is 5.73 Å². The summed E-state index contributed by atoms with van der Waals surface area (Å²) in [6.07, 6.45) is 0. The zero-order valence-electron chi connectivity index (χ0n) is 7.95. The summed E-state index contributed by atoms with van der Waals surface area (Å²) in [7, 11) is 0. The molecule has 3 N–H and O–H groups in total. The maximum Gasteiger partial charge on any atom is 0.270 e. The number of rotatable bonds is 2. The van der Waals surface area contributed by atoms with E-state index >= 15 is 0 Å². The lowest BCUT2D eigenvalue weighted by molar-refractivity contribution is -0.384. The monoisotopic (exact) mass is 221 g/mol. The molecule has 0 aliphatic carbocycles. The summed E-state index contributed by atoms with van der Waals surface area (Å²) in [6.45, 7) is 0. The minimum Gasteiger partial charge on any atom is -0.507 e. The van der Waals surface area contributed by atoms with Crippen LogP contribution in [0.2, 0.25) is 0 Å². The summed E-state index contributed by atoms with van der Waals surface area (Å²) in [4.78, 5) is 9.99. The van der Waals surface area contributed by atoms with Crippen molar-refractivity contribution in [2.45, 2.75) is 0 Å². The smallest absolute Gasteiger partial charge is 0.270 e. The molecule has 0 saturated heterocycles. The lowest BCUT2D eigenvalue weighted by atomic mass is 10.1. The number of aromatic nitrogens is 1. The molecule has 0 aliphatic rings. The van der Waals surface area contributed by atoms with E-state index in [0.29, 0.717) is 0 Å². The SMILES string of the molecule is Nc1cc(-c2cc([N+](=O)[O-])ccc2O)no1. The largest absolute Gasteiger partial charge is 0.507 e. The first kappa shape index (κ1) is 9.97. The average molecular weight is 221 g/mol. The van der Waals surface area contributed by atoms with Gasteiger partial charge in [0.15, 0.2) is 0 Å². The number of non-ortho nitro benzene ring substituents is 1. The normalized spacial score (nSPS) is 10.2. The van der Waals surface area contributed by atoms with Crippen LogP contribution in [0.4, 0.5) is 11.6 Å². The Balaban J connectivity index is 2.55. The van der Waals surface area contributed by atoms with Gasteiger partial charge in [0.25, 0.3) is 5.69 Å². The van der Waals surface area contributed by atoms with Crippen LogP contribution in [0.25, 0.3) is 11.3 Å². The van der Waals surface area contributed by atoms with E-state index in [1.807, 2.05) is 0 Å². The fourth-order valence-electron chi connectivity index (χ4n) is 1.26. The molecular weight excluding hydrogens is 214 g/mol. The summed E-state index contributed by atoms with van der Waals surface area (Å²) in [5.41, 5.74) is 5.63. The van der Waals surface area contributed by atoms with Crippen LogP contribution in [0.15, 0.2) is 28.8 Å². The van der Waals surface area contributed by atoms with Crippen LogP contribution < -0.4 is 5.73 Å². The van der Waals surface area contributed by atoms with E-state index in [-0.39, 0.29) is 28.6 Å². The van der Waals surface area contributed by atoms with Crippen LogP contribution in [0.3, 0.4) is 0 Å². The highest BCUT2D eigenvalue weighted by atomic mass is 16.6. The van der Waals surface area contributed by atoms with E-state index in [9.17, 15) is 15.2 Å². The third kappa shape index (κ3) is 1.65. The number of phenolic OH excluding ortho intramolecular Hbond substituents is 1. The molecule has 0 atom stereocenters. The summed E-state index contributed by atoms with van der Waals surface area (Å²) < 4.78 is 4.62. The fraction of sp³-hybridized carbons (Fsp3) is 0. The summed E-state index contributed by atoms with van der Waals surface area (Å²) in [5, 5.41) is 23.7. The number of nitrogens with two attached hydrogens (primary N) is 1. The first-order chi connectivity index (χ1) is 7.58. The van der Waals surface area contributed by atoms with Crippen LogP contribution in [0, 0.1) is 10.1 Å². The molecular formula is C9H7N3O4. The van der Waals surface area contributed by atoms with Crippen molar-refractivity contribution in [2.24, 2.45) is 0 Å².